The number of pyridine rings is 3. The first-order valence-electron chi connectivity index (χ1n) is 12.1. The van der Waals surface area contributed by atoms with Gasteiger partial charge in [-0.25, -0.2) is 14.8 Å². The number of aromatic nitrogens is 3. The van der Waals surface area contributed by atoms with Crippen molar-refractivity contribution in [1.82, 2.24) is 15.0 Å². The van der Waals surface area contributed by atoms with Gasteiger partial charge in [-0.05, 0) is 44.9 Å². The topological polar surface area (TPSA) is 118 Å². The fourth-order valence-corrected chi connectivity index (χ4v) is 4.59. The van der Waals surface area contributed by atoms with Gasteiger partial charge in [0.15, 0.2) is 0 Å². The third-order valence-electron chi connectivity index (χ3n) is 7.27. The van der Waals surface area contributed by atoms with Crippen molar-refractivity contribution >= 4 is 34.1 Å². The van der Waals surface area contributed by atoms with E-state index in [4.69, 9.17) is 14.5 Å². The Morgan fingerprint density at radius 1 is 1.09 bits per heavy atom. The maximum atomic E-state index is 12.4. The maximum Gasteiger partial charge on any atom is 0.340 e. The quantitative estimate of drug-likeness (QED) is 0.360. The van der Waals surface area contributed by atoms with Crippen LogP contribution in [0, 0.1) is 0 Å². The summed E-state index contributed by atoms with van der Waals surface area (Å²) in [5.41, 5.74) is 0.967. The van der Waals surface area contributed by atoms with Crippen molar-refractivity contribution in [3.63, 3.8) is 0 Å². The Hall–Kier alpha value is -3.46. The zero-order chi connectivity index (χ0) is 24.6. The molecule has 4 heterocycles. The first kappa shape index (κ1) is 23.3. The molecule has 35 heavy (non-hydrogen) atoms. The zero-order valence-electron chi connectivity index (χ0n) is 20.4. The molecule has 2 aliphatic carbocycles. The van der Waals surface area contributed by atoms with Crippen LogP contribution in [0.1, 0.15) is 68.4 Å². The van der Waals surface area contributed by atoms with Gasteiger partial charge in [0, 0.05) is 24.9 Å². The molecule has 1 spiro atoms. The summed E-state index contributed by atoms with van der Waals surface area (Å²) in [5, 5.41) is 7.50. The van der Waals surface area contributed by atoms with Crippen LogP contribution in [0.15, 0.2) is 35.4 Å². The van der Waals surface area contributed by atoms with Gasteiger partial charge in [0.2, 0.25) is 0 Å². The molecule has 2 saturated carbocycles. The monoisotopic (exact) mass is 477 g/mol. The second-order valence-corrected chi connectivity index (χ2v) is 9.87. The number of nitrogens with zero attached hydrogens (tertiary/aromatic N) is 2. The molecule has 0 saturated heterocycles. The molecule has 184 valence electrons. The average Bonchev–Trinajstić information content (AvgIpc) is 3.59. The number of methoxy groups -OCH3 is 1. The molecule has 0 amide bonds. The second kappa shape index (κ2) is 8.96. The molecule has 0 atom stereocenters. The summed E-state index contributed by atoms with van der Waals surface area (Å²) in [7, 11) is 1.58. The molecular weight excluding hydrogens is 446 g/mol. The largest absolute Gasteiger partial charge is 0.455 e. The number of rotatable bonds is 5. The van der Waals surface area contributed by atoms with E-state index in [0.717, 1.165) is 24.2 Å². The standard InChI is InChI=1S/C22H23N5O4.C4H8/c1-21(2)22(6-7-22)18-12(20(29)31-21)4-5-16(27-18)26-17-8-13-14(9-23-17)19(28)24-10-15(13)25-11-30-3;1-2-4-3-1/h4-5,8-10,25H,6-7,11H2,1-3H3,(H,24,28)(H,23,26,27);1-4H2. The van der Waals surface area contributed by atoms with Gasteiger partial charge in [0.1, 0.15) is 24.0 Å². The van der Waals surface area contributed by atoms with Crippen molar-refractivity contribution in [2.24, 2.45) is 0 Å². The van der Waals surface area contributed by atoms with E-state index in [1.54, 1.807) is 31.5 Å². The minimum Gasteiger partial charge on any atom is -0.455 e. The number of cyclic esters (lactones) is 1. The molecule has 9 heteroatoms. The lowest BCUT2D eigenvalue weighted by Crippen LogP contribution is -2.46. The van der Waals surface area contributed by atoms with E-state index < -0.39 is 5.60 Å². The molecule has 3 aromatic heterocycles. The third-order valence-corrected chi connectivity index (χ3v) is 7.27. The SMILES string of the molecule is C1CCC1.COCNc1c[nH]c(=O)c2cnc(Nc3ccc4c(n3)C3(CC3)C(C)(C)OC4=O)cc12. The van der Waals surface area contributed by atoms with E-state index in [2.05, 4.69) is 20.6 Å². The summed E-state index contributed by atoms with van der Waals surface area (Å²) in [4.78, 5) is 36.5. The van der Waals surface area contributed by atoms with Crippen molar-refractivity contribution in [1.29, 1.82) is 0 Å². The van der Waals surface area contributed by atoms with Crippen LogP contribution >= 0.6 is 0 Å². The van der Waals surface area contributed by atoms with Crippen molar-refractivity contribution in [2.75, 3.05) is 24.5 Å². The van der Waals surface area contributed by atoms with Gasteiger partial charge < -0.3 is 25.1 Å². The van der Waals surface area contributed by atoms with Gasteiger partial charge in [0.05, 0.1) is 27.7 Å². The lowest BCUT2D eigenvalue weighted by Gasteiger charge is -2.39. The first-order valence-corrected chi connectivity index (χ1v) is 12.1. The summed E-state index contributed by atoms with van der Waals surface area (Å²) in [5.74, 6) is 0.778. The van der Waals surface area contributed by atoms with Crippen molar-refractivity contribution in [2.45, 2.75) is 63.4 Å². The Bertz CT molecular complexity index is 1320. The fourth-order valence-electron chi connectivity index (χ4n) is 4.59. The van der Waals surface area contributed by atoms with E-state index in [-0.39, 0.29) is 16.9 Å². The highest BCUT2D eigenvalue weighted by Crippen LogP contribution is 2.59. The van der Waals surface area contributed by atoms with Crippen LogP contribution in [0.25, 0.3) is 10.8 Å². The van der Waals surface area contributed by atoms with Crippen molar-refractivity contribution in [3.8, 4) is 0 Å². The number of carbonyl (C=O) groups is 1. The average molecular weight is 478 g/mol. The van der Waals surface area contributed by atoms with Gasteiger partial charge in [-0.2, -0.15) is 0 Å². The van der Waals surface area contributed by atoms with Crippen LogP contribution in [0.5, 0.6) is 0 Å². The summed E-state index contributed by atoms with van der Waals surface area (Å²) in [6, 6.07) is 5.27. The number of carbonyl (C=O) groups excluding carboxylic acids is 1. The Morgan fingerprint density at radius 2 is 1.83 bits per heavy atom. The molecule has 1 aliphatic heterocycles. The second-order valence-electron chi connectivity index (χ2n) is 9.87. The van der Waals surface area contributed by atoms with Crippen LogP contribution in [-0.4, -0.2) is 40.4 Å². The highest BCUT2D eigenvalue weighted by molar-refractivity contribution is 5.95. The molecule has 0 unspecified atom stereocenters. The molecule has 0 radical (unpaired) electrons. The number of hydrogen-bond donors (Lipinski definition) is 3. The van der Waals surface area contributed by atoms with Crippen molar-refractivity contribution < 1.29 is 14.3 Å². The summed E-state index contributed by atoms with van der Waals surface area (Å²) >= 11 is 0. The van der Waals surface area contributed by atoms with E-state index in [1.165, 1.54) is 31.9 Å². The van der Waals surface area contributed by atoms with Gasteiger partial charge >= 0.3 is 5.97 Å². The summed E-state index contributed by atoms with van der Waals surface area (Å²) < 4.78 is 10.8. The highest BCUT2D eigenvalue weighted by Gasteiger charge is 2.63. The van der Waals surface area contributed by atoms with Gasteiger partial charge in [-0.1, -0.05) is 25.7 Å². The van der Waals surface area contributed by atoms with E-state index in [9.17, 15) is 9.59 Å². The molecule has 0 aromatic carbocycles. The Labute approximate surface area is 203 Å². The molecule has 6 rings (SSSR count). The lowest BCUT2D eigenvalue weighted by molar-refractivity contribution is -0.0285. The summed E-state index contributed by atoms with van der Waals surface area (Å²) in [6.07, 6.45) is 11.0. The third kappa shape index (κ3) is 4.25. The highest BCUT2D eigenvalue weighted by atomic mass is 16.6. The molecule has 9 nitrogen and oxygen atoms in total. The van der Waals surface area contributed by atoms with Crippen LogP contribution in [0.2, 0.25) is 0 Å². The maximum absolute atomic E-state index is 12.4. The number of ether oxygens (including phenoxy) is 2. The number of esters is 1. The smallest absolute Gasteiger partial charge is 0.340 e. The lowest BCUT2D eigenvalue weighted by atomic mass is 9.80. The molecule has 0 bridgehead atoms. The number of hydrogen-bond acceptors (Lipinski definition) is 8. The van der Waals surface area contributed by atoms with E-state index in [1.807, 2.05) is 13.8 Å². The van der Waals surface area contributed by atoms with Crippen LogP contribution < -0.4 is 16.2 Å². The van der Waals surface area contributed by atoms with E-state index >= 15 is 0 Å². The first-order chi connectivity index (χ1) is 16.8. The molecule has 3 aromatic rings. The minimum absolute atomic E-state index is 0.222. The van der Waals surface area contributed by atoms with Gasteiger partial charge in [-0.15, -0.1) is 0 Å². The number of H-pyrrole nitrogens is 1. The predicted octanol–water partition coefficient (Wildman–Crippen LogP) is 4.62. The molecule has 2 fully saturated rings. The Morgan fingerprint density at radius 3 is 2.49 bits per heavy atom. The van der Waals surface area contributed by atoms with Crippen LogP contribution in [0.4, 0.5) is 17.3 Å². The number of fused-ring (bicyclic) bond motifs is 3. The molecular formula is C26H31N5O4. The van der Waals surface area contributed by atoms with Crippen LogP contribution in [0.3, 0.4) is 0 Å². The van der Waals surface area contributed by atoms with Crippen LogP contribution in [-0.2, 0) is 14.9 Å². The van der Waals surface area contributed by atoms with Gasteiger partial charge in [-0.3, -0.25) is 4.79 Å². The number of nitrogens with one attached hydrogen (secondary N) is 3. The Kier molecular flexibility index (Phi) is 5.96. The molecule has 3 N–H and O–H groups in total. The predicted molar refractivity (Wildman–Crippen MR) is 134 cm³/mol. The summed E-state index contributed by atoms with van der Waals surface area (Å²) in [6.45, 7) is 4.19. The van der Waals surface area contributed by atoms with Crippen molar-refractivity contribution in [3.05, 3.63) is 52.2 Å². The minimum atomic E-state index is -0.590. The van der Waals surface area contributed by atoms with Gasteiger partial charge in [0.25, 0.3) is 5.56 Å². The molecule has 3 aliphatic rings. The number of anilines is 3. The normalized spacial score (nSPS) is 18.5. The zero-order valence-corrected chi connectivity index (χ0v) is 20.4. The van der Waals surface area contributed by atoms with E-state index in [0.29, 0.717) is 34.7 Å². The number of aromatic amines is 1. The fraction of sp³-hybridized carbons (Fsp3) is 0.462. The Balaban J connectivity index is 0.000000577.